The summed E-state index contributed by atoms with van der Waals surface area (Å²) in [4.78, 5) is 37.7. The van der Waals surface area contributed by atoms with Gasteiger partial charge in [0.2, 0.25) is 0 Å². The number of halogens is 1. The van der Waals surface area contributed by atoms with Crippen molar-refractivity contribution in [1.29, 1.82) is 0 Å². The summed E-state index contributed by atoms with van der Waals surface area (Å²) >= 11 is 3.45. The molecule has 0 spiro atoms. The molecule has 0 unspecified atom stereocenters. The Kier molecular flexibility index (Phi) is 6.98. The first-order valence-electron chi connectivity index (χ1n) is 11.6. The molecule has 0 bridgehead atoms. The van der Waals surface area contributed by atoms with Gasteiger partial charge in [-0.1, -0.05) is 35.0 Å². The van der Waals surface area contributed by atoms with Crippen molar-refractivity contribution in [2.45, 2.75) is 45.7 Å². The number of hydrogen-bond donors (Lipinski definition) is 2. The van der Waals surface area contributed by atoms with E-state index in [4.69, 9.17) is 0 Å². The Morgan fingerprint density at radius 1 is 1.17 bits per heavy atom. The van der Waals surface area contributed by atoms with Gasteiger partial charge in [0.15, 0.2) is 0 Å². The van der Waals surface area contributed by atoms with Gasteiger partial charge < -0.3 is 15.3 Å². The topological polar surface area (TPSA) is 98.7 Å². The monoisotopic (exact) mass is 539 g/mol. The number of rotatable bonds is 4. The van der Waals surface area contributed by atoms with Gasteiger partial charge in [0, 0.05) is 34.7 Å². The molecule has 1 fully saturated rings. The van der Waals surface area contributed by atoms with Crippen LogP contribution >= 0.6 is 15.9 Å². The van der Waals surface area contributed by atoms with Crippen LogP contribution < -0.4 is 10.2 Å². The Morgan fingerprint density at radius 3 is 2.63 bits per heavy atom. The number of piperidine rings is 1. The number of pyridine rings is 2. The van der Waals surface area contributed by atoms with Gasteiger partial charge in [-0.2, -0.15) is 0 Å². The maximum absolute atomic E-state index is 13.1. The van der Waals surface area contributed by atoms with Crippen LogP contribution in [0, 0.1) is 5.92 Å². The van der Waals surface area contributed by atoms with Crippen molar-refractivity contribution < 1.29 is 14.7 Å². The van der Waals surface area contributed by atoms with Gasteiger partial charge >= 0.3 is 6.09 Å². The van der Waals surface area contributed by atoms with Crippen LogP contribution in [0.5, 0.6) is 0 Å². The average molecular weight is 540 g/mol. The fourth-order valence-electron chi connectivity index (χ4n) is 4.86. The molecule has 8 nitrogen and oxygen atoms in total. The van der Waals surface area contributed by atoms with Crippen LogP contribution in [0.4, 0.5) is 16.2 Å². The van der Waals surface area contributed by atoms with Crippen molar-refractivity contribution in [3.8, 4) is 0 Å². The lowest BCUT2D eigenvalue weighted by Crippen LogP contribution is -2.58. The predicted octanol–water partition coefficient (Wildman–Crippen LogP) is 5.64. The summed E-state index contributed by atoms with van der Waals surface area (Å²) in [5.41, 5.74) is 1.89. The number of benzene rings is 1. The molecular weight excluding hydrogens is 510 g/mol. The second-order valence-electron chi connectivity index (χ2n) is 10.1. The van der Waals surface area contributed by atoms with E-state index in [0.717, 1.165) is 34.0 Å². The first kappa shape index (κ1) is 24.9. The van der Waals surface area contributed by atoms with E-state index in [2.05, 4.69) is 43.0 Å². The third-order valence-corrected chi connectivity index (χ3v) is 6.70. The van der Waals surface area contributed by atoms with Crippen LogP contribution in [0.3, 0.4) is 0 Å². The molecule has 3 aromatic rings. The predicted molar refractivity (Wildman–Crippen MR) is 141 cm³/mol. The fourth-order valence-corrected chi connectivity index (χ4v) is 5.20. The molecule has 2 N–H and O–H groups in total. The van der Waals surface area contributed by atoms with Gasteiger partial charge in [-0.15, -0.1) is 0 Å². The highest BCUT2D eigenvalue weighted by Gasteiger charge is 2.38. The SMILES string of the molecule is C[C@@H]1C[C@H](N(C(=O)O)C(C)(C)C)CN(c2ccncc2NC(=O)c2ccc3ccc(Br)cc3n2)C1. The number of carbonyl (C=O) groups excluding carboxylic acids is 1. The highest BCUT2D eigenvalue weighted by atomic mass is 79.9. The van der Waals surface area contributed by atoms with E-state index in [0.29, 0.717) is 17.9 Å². The summed E-state index contributed by atoms with van der Waals surface area (Å²) in [6, 6.07) is 11.0. The number of anilines is 2. The van der Waals surface area contributed by atoms with E-state index in [9.17, 15) is 14.7 Å². The first-order chi connectivity index (χ1) is 16.5. The molecule has 0 aliphatic carbocycles. The lowest BCUT2D eigenvalue weighted by atomic mass is 9.91. The number of nitrogens with one attached hydrogen (secondary N) is 1. The minimum Gasteiger partial charge on any atom is -0.465 e. The molecule has 0 saturated carbocycles. The highest BCUT2D eigenvalue weighted by Crippen LogP contribution is 2.33. The summed E-state index contributed by atoms with van der Waals surface area (Å²) < 4.78 is 0.893. The molecule has 1 aliphatic heterocycles. The number of nitrogens with zero attached hydrogens (tertiary/aromatic N) is 4. The molecule has 9 heteroatoms. The maximum Gasteiger partial charge on any atom is 0.408 e. The number of fused-ring (bicyclic) bond motifs is 1. The number of carboxylic acid groups (broad SMARTS) is 1. The molecular formula is C26H30BrN5O3. The Hall–Kier alpha value is -3.20. The quantitative estimate of drug-likeness (QED) is 0.445. The van der Waals surface area contributed by atoms with Crippen LogP contribution in [0.25, 0.3) is 10.9 Å². The Morgan fingerprint density at radius 2 is 1.91 bits per heavy atom. The largest absolute Gasteiger partial charge is 0.465 e. The molecule has 2 atom stereocenters. The number of amides is 2. The summed E-state index contributed by atoms with van der Waals surface area (Å²) in [6.07, 6.45) is 3.17. The van der Waals surface area contributed by atoms with Gasteiger partial charge in [0.25, 0.3) is 5.91 Å². The van der Waals surface area contributed by atoms with Gasteiger partial charge in [0.05, 0.1) is 29.1 Å². The lowest BCUT2D eigenvalue weighted by Gasteiger charge is -2.46. The molecule has 1 aliphatic rings. The minimum absolute atomic E-state index is 0.173. The van der Waals surface area contributed by atoms with Gasteiger partial charge in [-0.25, -0.2) is 9.78 Å². The summed E-state index contributed by atoms with van der Waals surface area (Å²) in [7, 11) is 0. The zero-order chi connectivity index (χ0) is 25.3. The number of carbonyl (C=O) groups is 2. The van der Waals surface area contributed by atoms with Crippen LogP contribution in [-0.4, -0.2) is 56.6 Å². The summed E-state index contributed by atoms with van der Waals surface area (Å²) in [6.45, 7) is 9.15. The van der Waals surface area contributed by atoms with E-state index in [1.165, 1.54) is 0 Å². The molecule has 184 valence electrons. The molecule has 2 amide bonds. The normalized spacial score (nSPS) is 18.4. The van der Waals surface area contributed by atoms with Crippen molar-refractivity contribution in [3.63, 3.8) is 0 Å². The van der Waals surface area contributed by atoms with Crippen molar-refractivity contribution in [3.05, 3.63) is 59.0 Å². The van der Waals surface area contributed by atoms with E-state index >= 15 is 0 Å². The molecule has 0 radical (unpaired) electrons. The smallest absolute Gasteiger partial charge is 0.408 e. The number of hydrogen-bond acceptors (Lipinski definition) is 5. The van der Waals surface area contributed by atoms with Crippen molar-refractivity contribution in [2.75, 3.05) is 23.3 Å². The zero-order valence-corrected chi connectivity index (χ0v) is 21.9. The number of aromatic nitrogens is 2. The summed E-state index contributed by atoms with van der Waals surface area (Å²) in [5.74, 6) is -0.0557. The Balaban J connectivity index is 1.60. The Labute approximate surface area is 213 Å². The third-order valence-electron chi connectivity index (χ3n) is 6.21. The molecule has 35 heavy (non-hydrogen) atoms. The highest BCUT2D eigenvalue weighted by molar-refractivity contribution is 9.10. The van der Waals surface area contributed by atoms with Crippen molar-refractivity contribution in [1.82, 2.24) is 14.9 Å². The van der Waals surface area contributed by atoms with Gasteiger partial charge in [-0.05, 0) is 57.4 Å². The average Bonchev–Trinajstić information content (AvgIpc) is 2.77. The molecule has 2 aromatic heterocycles. The van der Waals surface area contributed by atoms with E-state index < -0.39 is 11.6 Å². The molecule has 4 rings (SSSR count). The fraction of sp³-hybridized carbons (Fsp3) is 0.385. The van der Waals surface area contributed by atoms with Crippen molar-refractivity contribution in [2.24, 2.45) is 5.92 Å². The van der Waals surface area contributed by atoms with Gasteiger partial charge in [0.1, 0.15) is 5.69 Å². The van der Waals surface area contributed by atoms with Crippen LogP contribution in [0.15, 0.2) is 53.3 Å². The van der Waals surface area contributed by atoms with E-state index in [1.54, 1.807) is 23.4 Å². The van der Waals surface area contributed by atoms with Crippen LogP contribution in [-0.2, 0) is 0 Å². The standard InChI is InChI=1S/C26H30BrN5O3/c1-16-11-19(32(25(34)35)26(2,3)4)15-31(14-16)23-9-10-28-13-22(23)30-24(33)20-8-6-17-5-7-18(27)12-21(17)29-20/h5-10,12-13,16,19H,11,14-15H2,1-4H3,(H,30,33)(H,34,35)/t16-,19+/m1/s1. The molecule has 3 heterocycles. The maximum atomic E-state index is 13.1. The molecule has 1 saturated heterocycles. The second-order valence-corrected chi connectivity index (χ2v) is 11.0. The van der Waals surface area contributed by atoms with E-state index in [1.807, 2.05) is 51.1 Å². The van der Waals surface area contributed by atoms with Crippen LogP contribution in [0.2, 0.25) is 0 Å². The second kappa shape index (κ2) is 9.81. The minimum atomic E-state index is -0.922. The van der Waals surface area contributed by atoms with Crippen LogP contribution in [0.1, 0.15) is 44.6 Å². The first-order valence-corrected chi connectivity index (χ1v) is 12.4. The van der Waals surface area contributed by atoms with E-state index in [-0.39, 0.29) is 17.9 Å². The zero-order valence-electron chi connectivity index (χ0n) is 20.3. The summed E-state index contributed by atoms with van der Waals surface area (Å²) in [5, 5.41) is 13.8. The lowest BCUT2D eigenvalue weighted by molar-refractivity contribution is 0.0588. The van der Waals surface area contributed by atoms with Crippen molar-refractivity contribution >= 4 is 50.2 Å². The van der Waals surface area contributed by atoms with Gasteiger partial charge in [-0.3, -0.25) is 14.7 Å². The Bertz CT molecular complexity index is 1260. The third kappa shape index (κ3) is 5.56. The molecule has 1 aromatic carbocycles.